The summed E-state index contributed by atoms with van der Waals surface area (Å²) in [5, 5.41) is 10.9. The van der Waals surface area contributed by atoms with Gasteiger partial charge in [-0.1, -0.05) is 67.7 Å². The van der Waals surface area contributed by atoms with Crippen molar-refractivity contribution in [3.05, 3.63) is 0 Å². The molecule has 4 aliphatic carbocycles. The predicted octanol–water partition coefficient (Wildman–Crippen LogP) is 8.10. The Morgan fingerprint density at radius 3 is 2.30 bits per heavy atom. The summed E-state index contributed by atoms with van der Waals surface area (Å²) >= 11 is 0. The molecule has 0 aromatic rings. The summed E-state index contributed by atoms with van der Waals surface area (Å²) in [4.78, 5) is 0. The van der Waals surface area contributed by atoms with Crippen LogP contribution in [0.1, 0.15) is 120 Å². The standard InChI is InChI=1S/C29H52O/c1-19(2)9-8-10-20(3)23-12-13-24-22-11-14-26-27(4,5)17-21(30)18-29(26,7)25(22)15-16-28(23,24)6/h19-26,30H,8-18H2,1-7H3/t20-,21+,22+,23-,24+,25+,26+,28-,29-/m1/s1/i17D/t17-,20-,21+,22+,23-,24+,25+,26+,28-,29-. The second kappa shape index (κ2) is 8.07. The van der Waals surface area contributed by atoms with E-state index >= 15 is 0 Å². The second-order valence-electron chi connectivity index (χ2n) is 13.8. The Morgan fingerprint density at radius 1 is 0.900 bits per heavy atom. The van der Waals surface area contributed by atoms with Crippen LogP contribution in [0.3, 0.4) is 0 Å². The lowest BCUT2D eigenvalue weighted by atomic mass is 9.41. The Balaban J connectivity index is 1.52. The molecule has 0 radical (unpaired) electrons. The minimum Gasteiger partial charge on any atom is -0.393 e. The molecule has 0 heterocycles. The Bertz CT molecular complexity index is 643. The van der Waals surface area contributed by atoms with Gasteiger partial charge in [-0.3, -0.25) is 0 Å². The minimum atomic E-state index is -0.444. The van der Waals surface area contributed by atoms with Crippen LogP contribution >= 0.6 is 0 Å². The third-order valence-electron chi connectivity index (χ3n) is 11.2. The van der Waals surface area contributed by atoms with Gasteiger partial charge in [-0.05, 0) is 109 Å². The zero-order valence-corrected chi connectivity index (χ0v) is 21.2. The fourth-order valence-electron chi connectivity index (χ4n) is 10.1. The van der Waals surface area contributed by atoms with Crippen molar-refractivity contribution < 1.29 is 6.48 Å². The van der Waals surface area contributed by atoms with E-state index in [-0.39, 0.29) is 17.2 Å². The third kappa shape index (κ3) is 3.72. The molecule has 0 aromatic heterocycles. The van der Waals surface area contributed by atoms with Crippen molar-refractivity contribution in [2.75, 3.05) is 0 Å². The molecule has 0 saturated heterocycles. The van der Waals surface area contributed by atoms with Gasteiger partial charge in [0, 0.05) is 1.37 Å². The van der Waals surface area contributed by atoms with E-state index in [1.165, 1.54) is 57.8 Å². The van der Waals surface area contributed by atoms with Crippen molar-refractivity contribution in [2.45, 2.75) is 125 Å². The molecule has 0 aromatic carbocycles. The topological polar surface area (TPSA) is 20.2 Å². The van der Waals surface area contributed by atoms with E-state index < -0.39 is 6.10 Å². The quantitative estimate of drug-likeness (QED) is 0.479. The van der Waals surface area contributed by atoms with E-state index in [4.69, 9.17) is 1.37 Å². The summed E-state index contributed by atoms with van der Waals surface area (Å²) in [5.74, 6) is 5.75. The minimum absolute atomic E-state index is 0.0682. The second-order valence-corrected chi connectivity index (χ2v) is 13.8. The van der Waals surface area contributed by atoms with Crippen LogP contribution in [-0.2, 0) is 0 Å². The van der Waals surface area contributed by atoms with E-state index in [0.717, 1.165) is 41.9 Å². The van der Waals surface area contributed by atoms with Crippen molar-refractivity contribution in [3.8, 4) is 0 Å². The lowest BCUT2D eigenvalue weighted by Crippen LogP contribution is -2.58. The summed E-state index contributed by atoms with van der Waals surface area (Å²) < 4.78 is 8.68. The van der Waals surface area contributed by atoms with E-state index in [2.05, 4.69) is 48.5 Å². The number of hydrogen-bond donors (Lipinski definition) is 1. The van der Waals surface area contributed by atoms with Crippen molar-refractivity contribution in [1.82, 2.24) is 0 Å². The summed E-state index contributed by atoms with van der Waals surface area (Å²) in [6.07, 6.45) is 12.7. The van der Waals surface area contributed by atoms with Crippen LogP contribution in [0.15, 0.2) is 0 Å². The van der Waals surface area contributed by atoms with Crippen molar-refractivity contribution in [2.24, 2.45) is 57.7 Å². The van der Waals surface area contributed by atoms with Gasteiger partial charge in [0.05, 0.1) is 6.10 Å². The molecule has 1 nitrogen and oxygen atoms in total. The SMILES string of the molecule is [2H][C@@H]1[C@H](O)C[C@]2(C)[C@H]3CC[C@]4(C)[C@@H]([C@H](C)CCCC(C)C)CC[C@H]4[C@@H]3CC[C@H]2C1(C)C. The van der Waals surface area contributed by atoms with Gasteiger partial charge in [0.2, 0.25) is 0 Å². The molecule has 10 atom stereocenters. The molecule has 174 valence electrons. The number of aliphatic hydroxyl groups excluding tert-OH is 1. The van der Waals surface area contributed by atoms with Crippen molar-refractivity contribution >= 4 is 0 Å². The molecule has 4 saturated carbocycles. The number of rotatable bonds is 5. The van der Waals surface area contributed by atoms with Gasteiger partial charge in [-0.15, -0.1) is 0 Å². The highest BCUT2D eigenvalue weighted by Crippen LogP contribution is 2.70. The Hall–Kier alpha value is -0.0400. The smallest absolute Gasteiger partial charge is 0.0550 e. The molecule has 30 heavy (non-hydrogen) atoms. The summed E-state index contributed by atoms with van der Waals surface area (Å²) in [7, 11) is 0. The average Bonchev–Trinajstić information content (AvgIpc) is 3.03. The Kier molecular flexibility index (Phi) is 5.86. The van der Waals surface area contributed by atoms with Crippen molar-refractivity contribution in [3.63, 3.8) is 0 Å². The van der Waals surface area contributed by atoms with Crippen LogP contribution < -0.4 is 0 Å². The van der Waals surface area contributed by atoms with Crippen LogP contribution in [0, 0.1) is 57.7 Å². The fraction of sp³-hybridized carbons (Fsp3) is 1.00. The molecular weight excluding hydrogens is 364 g/mol. The highest BCUT2D eigenvalue weighted by atomic mass is 16.3. The van der Waals surface area contributed by atoms with Crippen LogP contribution in [0.25, 0.3) is 0 Å². The maximum absolute atomic E-state index is 10.9. The highest BCUT2D eigenvalue weighted by Gasteiger charge is 2.63. The molecule has 1 N–H and O–H groups in total. The van der Waals surface area contributed by atoms with Crippen LogP contribution in [0.5, 0.6) is 0 Å². The number of fused-ring (bicyclic) bond motifs is 5. The summed E-state index contributed by atoms with van der Waals surface area (Å²) in [6.45, 7) is 17.1. The maximum atomic E-state index is 10.9. The molecule has 4 rings (SSSR count). The first-order valence-electron chi connectivity index (χ1n) is 14.1. The Labute approximate surface area is 189 Å². The monoisotopic (exact) mass is 417 g/mol. The van der Waals surface area contributed by atoms with Gasteiger partial charge >= 0.3 is 0 Å². The van der Waals surface area contributed by atoms with Crippen LogP contribution in [0.4, 0.5) is 0 Å². The van der Waals surface area contributed by atoms with E-state index in [0.29, 0.717) is 11.3 Å². The molecule has 4 fully saturated rings. The molecule has 0 amide bonds. The van der Waals surface area contributed by atoms with Gasteiger partial charge in [-0.25, -0.2) is 0 Å². The van der Waals surface area contributed by atoms with Gasteiger partial charge in [0.25, 0.3) is 0 Å². The molecule has 0 spiro atoms. The summed E-state index contributed by atoms with van der Waals surface area (Å²) in [6, 6.07) is 0. The number of hydrogen-bond acceptors (Lipinski definition) is 1. The number of aliphatic hydroxyl groups is 1. The van der Waals surface area contributed by atoms with E-state index in [1.807, 2.05) is 0 Å². The lowest BCUT2D eigenvalue weighted by molar-refractivity contribution is -0.170. The largest absolute Gasteiger partial charge is 0.393 e. The van der Waals surface area contributed by atoms with E-state index in [1.54, 1.807) is 0 Å². The van der Waals surface area contributed by atoms with Crippen molar-refractivity contribution in [1.29, 1.82) is 0 Å². The molecular formula is C29H52O. The van der Waals surface area contributed by atoms with Crippen LogP contribution in [-0.4, -0.2) is 11.2 Å². The molecule has 4 aliphatic rings. The normalized spacial score (nSPS) is 51.6. The first-order chi connectivity index (χ1) is 14.4. The summed E-state index contributed by atoms with van der Waals surface area (Å²) in [5.41, 5.74) is 0.704. The third-order valence-corrected chi connectivity index (χ3v) is 11.2. The predicted molar refractivity (Wildman–Crippen MR) is 128 cm³/mol. The first kappa shape index (κ1) is 21.8. The molecule has 0 unspecified atom stereocenters. The van der Waals surface area contributed by atoms with Gasteiger partial charge in [0.1, 0.15) is 0 Å². The van der Waals surface area contributed by atoms with Gasteiger partial charge in [0.15, 0.2) is 0 Å². The zero-order valence-electron chi connectivity index (χ0n) is 22.2. The first-order valence-corrected chi connectivity index (χ1v) is 13.5. The molecule has 0 bridgehead atoms. The molecule has 0 aliphatic heterocycles. The highest BCUT2D eigenvalue weighted by molar-refractivity contribution is 5.12. The fourth-order valence-corrected chi connectivity index (χ4v) is 10.1. The lowest BCUT2D eigenvalue weighted by Gasteiger charge is -2.64. The van der Waals surface area contributed by atoms with E-state index in [9.17, 15) is 5.11 Å². The maximum Gasteiger partial charge on any atom is 0.0550 e. The Morgan fingerprint density at radius 2 is 1.60 bits per heavy atom. The molecule has 1 heteroatoms. The zero-order chi connectivity index (χ0) is 22.8. The van der Waals surface area contributed by atoms with Gasteiger partial charge in [-0.2, -0.15) is 0 Å². The van der Waals surface area contributed by atoms with Crippen LogP contribution in [0.2, 0.25) is 0 Å². The van der Waals surface area contributed by atoms with Gasteiger partial charge < -0.3 is 5.11 Å². The average molecular weight is 418 g/mol.